The summed E-state index contributed by atoms with van der Waals surface area (Å²) in [6.45, 7) is 0.756. The third-order valence-corrected chi connectivity index (χ3v) is 4.97. The van der Waals surface area contributed by atoms with Crippen LogP contribution in [-0.2, 0) is 9.59 Å². The number of hydrogen-bond donors (Lipinski definition) is 0. The number of anilines is 1. The largest absolute Gasteiger partial charge is 0.406 e. The van der Waals surface area contributed by atoms with E-state index in [0.29, 0.717) is 31.2 Å². The van der Waals surface area contributed by atoms with E-state index >= 15 is 0 Å². The number of alkyl halides is 3. The molecule has 9 heteroatoms. The number of piperazine rings is 1. The molecule has 1 unspecified atom stereocenters. The second kappa shape index (κ2) is 7.34. The van der Waals surface area contributed by atoms with Crippen LogP contribution < -0.4 is 4.90 Å². The molecule has 0 N–H and O–H groups in total. The molecule has 0 radical (unpaired) electrons. The van der Waals surface area contributed by atoms with Crippen LogP contribution in [0.3, 0.4) is 0 Å². The van der Waals surface area contributed by atoms with Gasteiger partial charge in [0.25, 0.3) is 0 Å². The minimum absolute atomic E-state index is 0.147. The van der Waals surface area contributed by atoms with Crippen molar-refractivity contribution in [3.05, 3.63) is 29.3 Å². The Labute approximate surface area is 154 Å². The van der Waals surface area contributed by atoms with Crippen molar-refractivity contribution in [1.82, 2.24) is 9.80 Å². The number of hydrogen-bond acceptors (Lipinski definition) is 3. The Bertz CT molecular complexity index is 673. The first-order chi connectivity index (χ1) is 12.2. The fourth-order valence-corrected chi connectivity index (χ4v) is 3.53. The van der Waals surface area contributed by atoms with Crippen molar-refractivity contribution < 1.29 is 22.8 Å². The summed E-state index contributed by atoms with van der Waals surface area (Å²) in [6, 6.07) is 7.41. The van der Waals surface area contributed by atoms with Crippen molar-refractivity contribution in [2.24, 2.45) is 5.92 Å². The predicted octanol–water partition coefficient (Wildman–Crippen LogP) is 2.40. The summed E-state index contributed by atoms with van der Waals surface area (Å²) in [6.07, 6.45) is -4.59. The fraction of sp³-hybridized carbons (Fsp3) is 0.529. The van der Waals surface area contributed by atoms with Crippen molar-refractivity contribution in [3.8, 4) is 0 Å². The highest BCUT2D eigenvalue weighted by molar-refractivity contribution is 6.30. The summed E-state index contributed by atoms with van der Waals surface area (Å²) in [4.78, 5) is 28.8. The molecular weight excluding hydrogens is 371 g/mol. The average Bonchev–Trinajstić information content (AvgIpc) is 2.94. The van der Waals surface area contributed by atoms with E-state index in [1.54, 1.807) is 17.0 Å². The molecule has 0 aliphatic carbocycles. The Morgan fingerprint density at radius 1 is 1.12 bits per heavy atom. The van der Waals surface area contributed by atoms with E-state index in [9.17, 15) is 22.8 Å². The van der Waals surface area contributed by atoms with E-state index in [2.05, 4.69) is 4.90 Å². The van der Waals surface area contributed by atoms with Gasteiger partial charge in [-0.15, -0.1) is 0 Å². The molecule has 2 aliphatic rings. The summed E-state index contributed by atoms with van der Waals surface area (Å²) >= 11 is 5.88. The lowest BCUT2D eigenvalue weighted by molar-refractivity contribution is -0.157. The summed E-state index contributed by atoms with van der Waals surface area (Å²) in [7, 11) is 0. The van der Waals surface area contributed by atoms with Gasteiger partial charge in [-0.2, -0.15) is 13.2 Å². The monoisotopic (exact) mass is 389 g/mol. The van der Waals surface area contributed by atoms with E-state index in [4.69, 9.17) is 11.6 Å². The lowest BCUT2D eigenvalue weighted by Crippen LogP contribution is -2.50. The van der Waals surface area contributed by atoms with Gasteiger partial charge in [0.2, 0.25) is 11.8 Å². The normalized spacial score (nSPS) is 21.5. The zero-order valence-corrected chi connectivity index (χ0v) is 14.8. The number of rotatable bonds is 3. The molecule has 2 aliphatic heterocycles. The fourth-order valence-electron chi connectivity index (χ4n) is 3.40. The molecule has 2 amide bonds. The average molecular weight is 390 g/mol. The molecule has 0 saturated carbocycles. The molecule has 1 aromatic rings. The maximum atomic E-state index is 12.6. The SMILES string of the molecule is O=C1CC(C(=O)N2CCN(c3ccc(Cl)cc3)CC2)CN1CC(F)(F)F. The van der Waals surface area contributed by atoms with Gasteiger partial charge in [-0.3, -0.25) is 9.59 Å². The highest BCUT2D eigenvalue weighted by atomic mass is 35.5. The minimum Gasteiger partial charge on any atom is -0.368 e. The first-order valence-corrected chi connectivity index (χ1v) is 8.74. The van der Waals surface area contributed by atoms with Crippen LogP contribution in [0.5, 0.6) is 0 Å². The molecule has 0 aromatic heterocycles. The maximum absolute atomic E-state index is 12.6. The molecule has 2 fully saturated rings. The number of carbonyl (C=O) groups is 2. The maximum Gasteiger partial charge on any atom is 0.406 e. The van der Waals surface area contributed by atoms with Crippen molar-refractivity contribution in [2.75, 3.05) is 44.2 Å². The zero-order chi connectivity index (χ0) is 18.9. The van der Waals surface area contributed by atoms with Crippen LogP contribution in [0.4, 0.5) is 18.9 Å². The molecule has 1 atom stereocenters. The van der Waals surface area contributed by atoms with Gasteiger partial charge in [-0.25, -0.2) is 0 Å². The summed E-state index contributed by atoms with van der Waals surface area (Å²) < 4.78 is 37.5. The van der Waals surface area contributed by atoms with Gasteiger partial charge in [0.05, 0.1) is 5.92 Å². The van der Waals surface area contributed by atoms with Gasteiger partial charge in [0.15, 0.2) is 0 Å². The molecule has 3 rings (SSSR count). The van der Waals surface area contributed by atoms with Crippen molar-refractivity contribution in [3.63, 3.8) is 0 Å². The quantitative estimate of drug-likeness (QED) is 0.797. The molecular formula is C17H19ClF3N3O2. The van der Waals surface area contributed by atoms with Gasteiger partial charge in [-0.05, 0) is 24.3 Å². The zero-order valence-electron chi connectivity index (χ0n) is 14.0. The van der Waals surface area contributed by atoms with Gasteiger partial charge in [-0.1, -0.05) is 11.6 Å². The summed E-state index contributed by atoms with van der Waals surface area (Å²) in [5, 5.41) is 0.650. The minimum atomic E-state index is -4.45. The van der Waals surface area contributed by atoms with Crippen LogP contribution in [0, 0.1) is 5.92 Å². The smallest absolute Gasteiger partial charge is 0.368 e. The van der Waals surface area contributed by atoms with E-state index in [1.165, 1.54) is 0 Å². The van der Waals surface area contributed by atoms with Crippen LogP contribution in [0.15, 0.2) is 24.3 Å². The topological polar surface area (TPSA) is 43.9 Å². The standard InChI is InChI=1S/C17H19ClF3N3O2/c18-13-1-3-14(4-2-13)22-5-7-23(8-6-22)16(26)12-9-15(25)24(10-12)11-17(19,20)21/h1-4,12H,5-11H2. The second-order valence-corrected chi connectivity index (χ2v) is 7.02. The summed E-state index contributed by atoms with van der Waals surface area (Å²) in [5.74, 6) is -1.54. The number of amides is 2. The van der Waals surface area contributed by atoms with Crippen LogP contribution in [-0.4, -0.2) is 67.1 Å². The molecule has 0 bridgehead atoms. The van der Waals surface area contributed by atoms with Crippen LogP contribution >= 0.6 is 11.6 Å². The Balaban J connectivity index is 1.54. The van der Waals surface area contributed by atoms with E-state index in [0.717, 1.165) is 10.6 Å². The van der Waals surface area contributed by atoms with Crippen molar-refractivity contribution in [1.29, 1.82) is 0 Å². The number of likely N-dealkylation sites (tertiary alicyclic amines) is 1. The number of halogens is 4. The van der Waals surface area contributed by atoms with Gasteiger partial charge >= 0.3 is 6.18 Å². The van der Waals surface area contributed by atoms with Crippen LogP contribution in [0.1, 0.15) is 6.42 Å². The number of benzene rings is 1. The van der Waals surface area contributed by atoms with Crippen molar-refractivity contribution >= 4 is 29.1 Å². The molecule has 0 spiro atoms. The molecule has 5 nitrogen and oxygen atoms in total. The Kier molecular flexibility index (Phi) is 5.32. The number of carbonyl (C=O) groups excluding carboxylic acids is 2. The highest BCUT2D eigenvalue weighted by Gasteiger charge is 2.42. The highest BCUT2D eigenvalue weighted by Crippen LogP contribution is 2.26. The molecule has 142 valence electrons. The van der Waals surface area contributed by atoms with Crippen LogP contribution in [0.2, 0.25) is 5.02 Å². The predicted molar refractivity (Wildman–Crippen MR) is 91.0 cm³/mol. The van der Waals surface area contributed by atoms with Gasteiger partial charge in [0.1, 0.15) is 6.54 Å². The lowest BCUT2D eigenvalue weighted by Gasteiger charge is -2.37. The van der Waals surface area contributed by atoms with E-state index < -0.39 is 24.5 Å². The lowest BCUT2D eigenvalue weighted by atomic mass is 10.1. The first-order valence-electron chi connectivity index (χ1n) is 8.37. The second-order valence-electron chi connectivity index (χ2n) is 6.58. The third-order valence-electron chi connectivity index (χ3n) is 4.72. The Morgan fingerprint density at radius 2 is 1.73 bits per heavy atom. The van der Waals surface area contributed by atoms with E-state index in [-0.39, 0.29) is 18.9 Å². The molecule has 2 saturated heterocycles. The number of nitrogens with zero attached hydrogens (tertiary/aromatic N) is 3. The van der Waals surface area contributed by atoms with E-state index in [1.807, 2.05) is 12.1 Å². The third kappa shape index (κ3) is 4.41. The van der Waals surface area contributed by atoms with Gasteiger partial charge in [0, 0.05) is 49.9 Å². The Hall–Kier alpha value is -1.96. The molecule has 26 heavy (non-hydrogen) atoms. The molecule has 1 aromatic carbocycles. The first kappa shape index (κ1) is 18.8. The molecule has 2 heterocycles. The summed E-state index contributed by atoms with van der Waals surface area (Å²) in [5.41, 5.74) is 1.01. The van der Waals surface area contributed by atoms with Gasteiger partial charge < -0.3 is 14.7 Å². The van der Waals surface area contributed by atoms with Crippen LogP contribution in [0.25, 0.3) is 0 Å². The Morgan fingerprint density at radius 3 is 2.31 bits per heavy atom. The van der Waals surface area contributed by atoms with Crippen molar-refractivity contribution in [2.45, 2.75) is 12.6 Å².